The van der Waals surface area contributed by atoms with Gasteiger partial charge in [0.05, 0.1) is 6.61 Å². The van der Waals surface area contributed by atoms with Crippen molar-refractivity contribution in [1.82, 2.24) is 0 Å². The topological polar surface area (TPSA) is 52.3 Å². The van der Waals surface area contributed by atoms with E-state index in [1.165, 1.54) is 77.0 Å². The highest BCUT2D eigenvalue weighted by Gasteiger charge is 2.14. The Morgan fingerprint density at radius 1 is 0.864 bits per heavy atom. The normalized spacial score (nSPS) is 13.8. The Morgan fingerprint density at radius 2 is 1.32 bits per heavy atom. The van der Waals surface area contributed by atoms with Gasteiger partial charge in [-0.2, -0.15) is 0 Å². The average Bonchev–Trinajstić information content (AvgIpc) is 2.51. The van der Waals surface area contributed by atoms with Crippen LogP contribution in [0.25, 0.3) is 0 Å². The minimum absolute atomic E-state index is 0.262. The van der Waals surface area contributed by atoms with E-state index in [2.05, 4.69) is 13.8 Å². The van der Waals surface area contributed by atoms with E-state index < -0.39 is 6.04 Å². The lowest BCUT2D eigenvalue weighted by Crippen LogP contribution is -2.30. The molecule has 0 radical (unpaired) electrons. The Balaban J connectivity index is 3.91. The molecule has 0 saturated carbocycles. The van der Waals surface area contributed by atoms with Gasteiger partial charge in [-0.25, -0.2) is 0 Å². The summed E-state index contributed by atoms with van der Waals surface area (Å²) in [5.41, 5.74) is 5.56. The molecule has 0 amide bonds. The number of unbranched alkanes of at least 4 members (excludes halogenated alkanes) is 8. The molecular weight excluding hydrogens is 274 g/mol. The number of hydrogen-bond donors (Lipinski definition) is 1. The highest BCUT2D eigenvalue weighted by Crippen LogP contribution is 2.19. The van der Waals surface area contributed by atoms with Gasteiger partial charge in [0.15, 0.2) is 0 Å². The van der Waals surface area contributed by atoms with Gasteiger partial charge in [-0.15, -0.1) is 0 Å². The molecule has 0 saturated heterocycles. The third kappa shape index (κ3) is 13.1. The summed E-state index contributed by atoms with van der Waals surface area (Å²) < 4.78 is 5.35. The van der Waals surface area contributed by atoms with Crippen molar-refractivity contribution >= 4 is 5.97 Å². The molecular formula is C19H39NO2. The minimum atomic E-state index is -0.505. The van der Waals surface area contributed by atoms with Crippen molar-refractivity contribution in [1.29, 1.82) is 0 Å². The molecule has 2 N–H and O–H groups in total. The summed E-state index contributed by atoms with van der Waals surface area (Å²) in [5, 5.41) is 0. The van der Waals surface area contributed by atoms with Gasteiger partial charge in [0, 0.05) is 0 Å². The maximum Gasteiger partial charge on any atom is 0.322 e. The van der Waals surface area contributed by atoms with Crippen molar-refractivity contribution in [3.8, 4) is 0 Å². The average molecular weight is 314 g/mol. The maximum atomic E-state index is 11.5. The van der Waals surface area contributed by atoms with Gasteiger partial charge in [0.2, 0.25) is 0 Å². The lowest BCUT2D eigenvalue weighted by molar-refractivity contribution is -0.146. The van der Waals surface area contributed by atoms with E-state index in [1.54, 1.807) is 6.92 Å². The molecule has 0 heterocycles. The van der Waals surface area contributed by atoms with E-state index in [4.69, 9.17) is 10.5 Å². The first-order valence-corrected chi connectivity index (χ1v) is 9.54. The summed E-state index contributed by atoms with van der Waals surface area (Å²) in [7, 11) is 0. The zero-order valence-electron chi connectivity index (χ0n) is 15.2. The minimum Gasteiger partial charge on any atom is -0.464 e. The van der Waals surface area contributed by atoms with E-state index >= 15 is 0 Å². The standard InChI is InChI=1S/C19H39NO2/c1-4-6-8-10-11-13-15-18(14-12-9-7-5-2)16-22-19(21)17(3)20/h17-18H,4-16,20H2,1-3H3. The summed E-state index contributed by atoms with van der Waals surface area (Å²) >= 11 is 0. The predicted octanol–water partition coefficient (Wildman–Crippen LogP) is 5.21. The number of carbonyl (C=O) groups excluding carboxylic acids is 1. The first-order chi connectivity index (χ1) is 10.6. The Morgan fingerprint density at radius 3 is 1.82 bits per heavy atom. The third-order valence-electron chi connectivity index (χ3n) is 4.26. The van der Waals surface area contributed by atoms with Crippen molar-refractivity contribution in [2.75, 3.05) is 6.61 Å². The molecule has 0 rings (SSSR count). The maximum absolute atomic E-state index is 11.5. The van der Waals surface area contributed by atoms with Crippen LogP contribution in [-0.2, 0) is 9.53 Å². The molecule has 0 aromatic carbocycles. The van der Waals surface area contributed by atoms with Crippen molar-refractivity contribution in [3.05, 3.63) is 0 Å². The zero-order valence-corrected chi connectivity index (χ0v) is 15.2. The molecule has 0 spiro atoms. The molecule has 0 fully saturated rings. The van der Waals surface area contributed by atoms with Crippen LogP contribution in [0.15, 0.2) is 0 Å². The number of hydrogen-bond acceptors (Lipinski definition) is 3. The lowest BCUT2D eigenvalue weighted by Gasteiger charge is -2.18. The van der Waals surface area contributed by atoms with Gasteiger partial charge >= 0.3 is 5.97 Å². The van der Waals surface area contributed by atoms with E-state index in [0.29, 0.717) is 12.5 Å². The number of esters is 1. The first kappa shape index (κ1) is 21.4. The fraction of sp³-hybridized carbons (Fsp3) is 0.947. The van der Waals surface area contributed by atoms with E-state index in [9.17, 15) is 4.79 Å². The van der Waals surface area contributed by atoms with Crippen LogP contribution >= 0.6 is 0 Å². The summed E-state index contributed by atoms with van der Waals surface area (Å²) in [6.45, 7) is 6.73. The number of rotatable bonds is 15. The first-order valence-electron chi connectivity index (χ1n) is 9.54. The van der Waals surface area contributed by atoms with Crippen molar-refractivity contribution in [3.63, 3.8) is 0 Å². The summed E-state index contributed by atoms with van der Waals surface area (Å²) in [5.74, 6) is 0.257. The zero-order chi connectivity index (χ0) is 16.6. The summed E-state index contributed by atoms with van der Waals surface area (Å²) in [6.07, 6.45) is 15.4. The Kier molecular flexibility index (Phi) is 14.9. The molecule has 132 valence electrons. The van der Waals surface area contributed by atoms with Crippen LogP contribution in [0.5, 0.6) is 0 Å². The smallest absolute Gasteiger partial charge is 0.322 e. The third-order valence-corrected chi connectivity index (χ3v) is 4.26. The molecule has 22 heavy (non-hydrogen) atoms. The molecule has 2 unspecified atom stereocenters. The highest BCUT2D eigenvalue weighted by atomic mass is 16.5. The molecule has 0 aromatic heterocycles. The van der Waals surface area contributed by atoms with Crippen LogP contribution in [-0.4, -0.2) is 18.6 Å². The molecule has 0 aliphatic rings. The van der Waals surface area contributed by atoms with Gasteiger partial charge in [-0.3, -0.25) is 4.79 Å². The predicted molar refractivity (Wildman–Crippen MR) is 94.9 cm³/mol. The van der Waals surface area contributed by atoms with Crippen LogP contribution in [0.1, 0.15) is 97.8 Å². The van der Waals surface area contributed by atoms with E-state index in [1.807, 2.05) is 0 Å². The van der Waals surface area contributed by atoms with Crippen LogP contribution < -0.4 is 5.73 Å². The van der Waals surface area contributed by atoms with Crippen LogP contribution in [0, 0.1) is 5.92 Å². The van der Waals surface area contributed by atoms with Gasteiger partial charge in [-0.05, 0) is 25.7 Å². The van der Waals surface area contributed by atoms with E-state index in [-0.39, 0.29) is 5.97 Å². The highest BCUT2D eigenvalue weighted by molar-refractivity contribution is 5.74. The van der Waals surface area contributed by atoms with E-state index in [0.717, 1.165) is 0 Å². The SMILES string of the molecule is CCCCCCCCC(CCCCCC)COC(=O)C(C)N. The van der Waals surface area contributed by atoms with Gasteiger partial charge in [0.25, 0.3) is 0 Å². The van der Waals surface area contributed by atoms with Crippen molar-refractivity contribution < 1.29 is 9.53 Å². The lowest BCUT2D eigenvalue weighted by atomic mass is 9.95. The second kappa shape index (κ2) is 15.3. The molecule has 0 aliphatic carbocycles. The Hall–Kier alpha value is -0.570. The fourth-order valence-corrected chi connectivity index (χ4v) is 2.72. The second-order valence-electron chi connectivity index (χ2n) is 6.69. The largest absolute Gasteiger partial charge is 0.464 e. The Bertz CT molecular complexity index is 254. The molecule has 2 atom stereocenters. The van der Waals surface area contributed by atoms with Gasteiger partial charge in [0.1, 0.15) is 6.04 Å². The van der Waals surface area contributed by atoms with Crippen LogP contribution in [0.2, 0.25) is 0 Å². The summed E-state index contributed by atoms with van der Waals surface area (Å²) in [6, 6.07) is -0.505. The quantitative estimate of drug-likeness (QED) is 0.333. The van der Waals surface area contributed by atoms with Gasteiger partial charge in [-0.1, -0.05) is 78.1 Å². The molecule has 0 aromatic rings. The second-order valence-corrected chi connectivity index (χ2v) is 6.69. The van der Waals surface area contributed by atoms with Crippen molar-refractivity contribution in [2.45, 2.75) is 104 Å². The number of carbonyl (C=O) groups is 1. The van der Waals surface area contributed by atoms with Crippen molar-refractivity contribution in [2.24, 2.45) is 11.7 Å². The van der Waals surface area contributed by atoms with Gasteiger partial charge < -0.3 is 10.5 Å². The Labute approximate surface area is 138 Å². The monoisotopic (exact) mass is 313 g/mol. The van der Waals surface area contributed by atoms with Crippen LogP contribution in [0.4, 0.5) is 0 Å². The number of nitrogens with two attached hydrogens (primary N) is 1. The molecule has 0 bridgehead atoms. The fourth-order valence-electron chi connectivity index (χ4n) is 2.72. The molecule has 3 heteroatoms. The molecule has 0 aliphatic heterocycles. The number of ether oxygens (including phenoxy) is 1. The molecule has 3 nitrogen and oxygen atoms in total. The van der Waals surface area contributed by atoms with Crippen LogP contribution in [0.3, 0.4) is 0 Å². The summed E-state index contributed by atoms with van der Waals surface area (Å²) in [4.78, 5) is 11.5.